The zero-order valence-electron chi connectivity index (χ0n) is 19.6. The number of piperidine rings is 1. The van der Waals surface area contributed by atoms with Crippen molar-refractivity contribution in [1.82, 2.24) is 14.9 Å². The van der Waals surface area contributed by atoms with Crippen molar-refractivity contribution < 1.29 is 14.3 Å². The Bertz CT molecular complexity index is 1130. The summed E-state index contributed by atoms with van der Waals surface area (Å²) in [6.45, 7) is 3.03. The Morgan fingerprint density at radius 3 is 2.41 bits per heavy atom. The number of aromatic nitrogens is 2. The Morgan fingerprint density at radius 2 is 1.68 bits per heavy atom. The van der Waals surface area contributed by atoms with E-state index in [9.17, 15) is 4.79 Å². The molecule has 2 aromatic carbocycles. The van der Waals surface area contributed by atoms with E-state index in [2.05, 4.69) is 4.90 Å². The molecule has 1 amide bonds. The molecule has 1 saturated heterocycles. The highest BCUT2D eigenvalue weighted by atomic mass is 16.5. The summed E-state index contributed by atoms with van der Waals surface area (Å²) in [6.07, 6.45) is 4.60. The molecular formula is C27H30N4O3. The molecule has 0 unspecified atom stereocenters. The fraction of sp³-hybridized carbons (Fsp3) is 0.370. The summed E-state index contributed by atoms with van der Waals surface area (Å²) in [5.74, 6) is 2.89. The van der Waals surface area contributed by atoms with Crippen LogP contribution in [-0.2, 0) is 24.2 Å². The van der Waals surface area contributed by atoms with Gasteiger partial charge in [-0.2, -0.15) is 4.98 Å². The van der Waals surface area contributed by atoms with E-state index in [1.54, 1.807) is 7.11 Å². The maximum absolute atomic E-state index is 13.1. The number of fused-ring (bicyclic) bond motifs is 1. The second kappa shape index (κ2) is 10.1. The Kier molecular flexibility index (Phi) is 6.60. The van der Waals surface area contributed by atoms with Gasteiger partial charge in [-0.25, -0.2) is 4.98 Å². The number of amides is 1. The predicted octanol–water partition coefficient (Wildman–Crippen LogP) is 4.40. The average Bonchev–Trinajstić information content (AvgIpc) is 2.90. The van der Waals surface area contributed by atoms with Gasteiger partial charge in [-0.1, -0.05) is 30.3 Å². The van der Waals surface area contributed by atoms with Crippen LogP contribution in [0.3, 0.4) is 0 Å². The van der Waals surface area contributed by atoms with Crippen LogP contribution in [0.4, 0.5) is 5.95 Å². The topological polar surface area (TPSA) is 67.8 Å². The molecule has 0 aliphatic carbocycles. The first-order valence-electron chi connectivity index (χ1n) is 12.0. The van der Waals surface area contributed by atoms with E-state index in [-0.39, 0.29) is 5.91 Å². The minimum atomic E-state index is 0.0848. The minimum Gasteiger partial charge on any atom is -0.497 e. The molecule has 0 bridgehead atoms. The standard InChI is InChI=1S/C27H30N4O3/c1-33-21-12-10-20(11-13-21)18-25(32)31-17-14-24-23(19-31)26(34-22-8-4-2-5-9-22)29-27(28-24)30-15-6-3-7-16-30/h2,4-5,8-13H,3,6-7,14-19H2,1H3. The molecule has 3 aromatic rings. The molecule has 2 aliphatic rings. The van der Waals surface area contributed by atoms with Gasteiger partial charge in [-0.05, 0) is 49.1 Å². The maximum atomic E-state index is 13.1. The van der Waals surface area contributed by atoms with E-state index in [0.717, 1.165) is 60.2 Å². The molecule has 0 spiro atoms. The number of carbonyl (C=O) groups is 1. The van der Waals surface area contributed by atoms with Crippen LogP contribution in [-0.4, -0.2) is 47.5 Å². The Balaban J connectivity index is 1.39. The lowest BCUT2D eigenvalue weighted by atomic mass is 10.0. The molecule has 176 valence electrons. The Hall–Kier alpha value is -3.61. The van der Waals surface area contributed by atoms with Gasteiger partial charge in [0.05, 0.1) is 31.3 Å². The zero-order chi connectivity index (χ0) is 23.3. The quantitative estimate of drug-likeness (QED) is 0.546. The molecule has 0 N–H and O–H groups in total. The summed E-state index contributed by atoms with van der Waals surface area (Å²) in [5, 5.41) is 0. The highest BCUT2D eigenvalue weighted by molar-refractivity contribution is 5.79. The molecule has 0 atom stereocenters. The highest BCUT2D eigenvalue weighted by Gasteiger charge is 2.28. The Labute approximate surface area is 200 Å². The number of rotatable bonds is 6. The molecule has 7 nitrogen and oxygen atoms in total. The number of para-hydroxylation sites is 1. The first-order chi connectivity index (χ1) is 16.7. The molecule has 1 fully saturated rings. The third kappa shape index (κ3) is 4.98. The van der Waals surface area contributed by atoms with Crippen LogP contribution in [0.15, 0.2) is 54.6 Å². The molecule has 0 radical (unpaired) electrons. The molecule has 5 rings (SSSR count). The molecule has 0 saturated carbocycles. The average molecular weight is 459 g/mol. The fourth-order valence-electron chi connectivity index (χ4n) is 4.53. The maximum Gasteiger partial charge on any atom is 0.229 e. The van der Waals surface area contributed by atoms with Crippen LogP contribution in [0.25, 0.3) is 0 Å². The first kappa shape index (κ1) is 22.2. The smallest absolute Gasteiger partial charge is 0.229 e. The summed E-state index contributed by atoms with van der Waals surface area (Å²) in [6, 6.07) is 17.3. The van der Waals surface area contributed by atoms with Crippen molar-refractivity contribution in [3.8, 4) is 17.4 Å². The second-order valence-electron chi connectivity index (χ2n) is 8.81. The van der Waals surface area contributed by atoms with Gasteiger partial charge in [-0.3, -0.25) is 4.79 Å². The van der Waals surface area contributed by atoms with Gasteiger partial charge in [-0.15, -0.1) is 0 Å². The number of hydrogen-bond donors (Lipinski definition) is 0. The van der Waals surface area contributed by atoms with Crippen LogP contribution < -0.4 is 14.4 Å². The lowest BCUT2D eigenvalue weighted by Crippen LogP contribution is -2.38. The first-order valence-corrected chi connectivity index (χ1v) is 12.0. The second-order valence-corrected chi connectivity index (χ2v) is 8.81. The highest BCUT2D eigenvalue weighted by Crippen LogP contribution is 2.32. The number of benzene rings is 2. The summed E-state index contributed by atoms with van der Waals surface area (Å²) < 4.78 is 11.5. The van der Waals surface area contributed by atoms with Gasteiger partial charge in [0.2, 0.25) is 17.7 Å². The van der Waals surface area contributed by atoms with E-state index in [4.69, 9.17) is 19.4 Å². The number of nitrogens with zero attached hydrogens (tertiary/aromatic N) is 4. The van der Waals surface area contributed by atoms with Gasteiger partial charge in [0.25, 0.3) is 0 Å². The van der Waals surface area contributed by atoms with E-state index < -0.39 is 0 Å². The molecule has 34 heavy (non-hydrogen) atoms. The SMILES string of the molecule is COc1ccc(CC(=O)N2CCc3nc(N4CCCCC4)nc(Oc4ccccc4)c3C2)cc1. The number of anilines is 1. The third-order valence-electron chi connectivity index (χ3n) is 6.47. The van der Waals surface area contributed by atoms with Crippen LogP contribution in [0.5, 0.6) is 17.4 Å². The zero-order valence-corrected chi connectivity index (χ0v) is 19.6. The lowest BCUT2D eigenvalue weighted by molar-refractivity contribution is -0.131. The van der Waals surface area contributed by atoms with Crippen molar-refractivity contribution in [3.05, 3.63) is 71.4 Å². The van der Waals surface area contributed by atoms with Crippen molar-refractivity contribution in [2.75, 3.05) is 31.6 Å². The number of methoxy groups -OCH3 is 1. The molecule has 7 heteroatoms. The summed E-state index contributed by atoms with van der Waals surface area (Å²) in [7, 11) is 1.64. The van der Waals surface area contributed by atoms with Crippen LogP contribution in [0.2, 0.25) is 0 Å². The summed E-state index contributed by atoms with van der Waals surface area (Å²) >= 11 is 0. The molecular weight excluding hydrogens is 428 g/mol. The largest absolute Gasteiger partial charge is 0.497 e. The van der Waals surface area contributed by atoms with Crippen molar-refractivity contribution in [3.63, 3.8) is 0 Å². The Morgan fingerprint density at radius 1 is 0.912 bits per heavy atom. The minimum absolute atomic E-state index is 0.0848. The van der Waals surface area contributed by atoms with Gasteiger partial charge in [0.15, 0.2) is 0 Å². The normalized spacial score (nSPS) is 15.6. The molecule has 1 aromatic heterocycles. The molecule has 3 heterocycles. The van der Waals surface area contributed by atoms with Crippen LogP contribution >= 0.6 is 0 Å². The van der Waals surface area contributed by atoms with E-state index >= 15 is 0 Å². The van der Waals surface area contributed by atoms with Gasteiger partial charge in [0, 0.05) is 26.1 Å². The van der Waals surface area contributed by atoms with Crippen LogP contribution in [0, 0.1) is 0 Å². The number of hydrogen-bond acceptors (Lipinski definition) is 6. The monoisotopic (exact) mass is 458 g/mol. The van der Waals surface area contributed by atoms with Crippen molar-refractivity contribution in [2.45, 2.75) is 38.6 Å². The van der Waals surface area contributed by atoms with Gasteiger partial charge >= 0.3 is 0 Å². The van der Waals surface area contributed by atoms with Crippen molar-refractivity contribution >= 4 is 11.9 Å². The van der Waals surface area contributed by atoms with E-state index in [0.29, 0.717) is 31.8 Å². The fourth-order valence-corrected chi connectivity index (χ4v) is 4.53. The lowest BCUT2D eigenvalue weighted by Gasteiger charge is -2.32. The van der Waals surface area contributed by atoms with E-state index in [1.165, 1.54) is 6.42 Å². The van der Waals surface area contributed by atoms with Gasteiger partial charge < -0.3 is 19.3 Å². The van der Waals surface area contributed by atoms with Crippen LogP contribution in [0.1, 0.15) is 36.1 Å². The number of ether oxygens (including phenoxy) is 2. The number of carbonyl (C=O) groups excluding carboxylic acids is 1. The summed E-state index contributed by atoms with van der Waals surface area (Å²) in [4.78, 5) is 27.0. The van der Waals surface area contributed by atoms with E-state index in [1.807, 2.05) is 59.5 Å². The predicted molar refractivity (Wildman–Crippen MR) is 130 cm³/mol. The third-order valence-corrected chi connectivity index (χ3v) is 6.47. The van der Waals surface area contributed by atoms with Gasteiger partial charge in [0.1, 0.15) is 11.5 Å². The molecule has 2 aliphatic heterocycles. The summed E-state index contributed by atoms with van der Waals surface area (Å²) in [5.41, 5.74) is 2.85. The van der Waals surface area contributed by atoms with Crippen molar-refractivity contribution in [1.29, 1.82) is 0 Å². The van der Waals surface area contributed by atoms with Crippen molar-refractivity contribution in [2.24, 2.45) is 0 Å².